The summed E-state index contributed by atoms with van der Waals surface area (Å²) in [5, 5.41) is 11.7. The fourth-order valence-electron chi connectivity index (χ4n) is 1.08. The Morgan fingerprint density at radius 1 is 1.47 bits per heavy atom. The molecule has 4 heteroatoms. The largest absolute Gasteiger partial charge is 0.473 e. The minimum atomic E-state index is -0.260. The quantitative estimate of drug-likeness (QED) is 0.818. The molecule has 0 spiro atoms. The van der Waals surface area contributed by atoms with Gasteiger partial charge in [-0.05, 0) is 32.9 Å². The van der Waals surface area contributed by atoms with Gasteiger partial charge in [-0.3, -0.25) is 0 Å². The zero-order chi connectivity index (χ0) is 11.3. The van der Waals surface area contributed by atoms with Gasteiger partial charge in [-0.15, -0.1) is 0 Å². The Labute approximate surface area is 89.9 Å². The molecule has 0 saturated heterocycles. The van der Waals surface area contributed by atoms with E-state index in [1.54, 1.807) is 19.2 Å². The fourth-order valence-corrected chi connectivity index (χ4v) is 1.08. The predicted molar refractivity (Wildman–Crippen MR) is 58.7 cm³/mol. The highest BCUT2D eigenvalue weighted by Gasteiger charge is 2.08. The average molecular weight is 205 g/mol. The lowest BCUT2D eigenvalue weighted by molar-refractivity contribution is 0.234. The molecule has 0 radical (unpaired) electrons. The Morgan fingerprint density at radius 2 is 2.20 bits per heavy atom. The summed E-state index contributed by atoms with van der Waals surface area (Å²) in [6, 6.07) is 5.49. The molecule has 1 aromatic heterocycles. The first-order valence-electron chi connectivity index (χ1n) is 4.91. The van der Waals surface area contributed by atoms with Gasteiger partial charge in [0.2, 0.25) is 5.88 Å². The first kappa shape index (κ1) is 11.3. The van der Waals surface area contributed by atoms with Crippen LogP contribution in [0.3, 0.4) is 0 Å². The number of nitrogens with zero attached hydrogens (tertiary/aromatic N) is 2. The minimum Gasteiger partial charge on any atom is -0.473 e. The highest BCUT2D eigenvalue weighted by molar-refractivity contribution is 5.53. The van der Waals surface area contributed by atoms with Gasteiger partial charge in [0.25, 0.3) is 0 Å². The monoisotopic (exact) mass is 205 g/mol. The Hall–Kier alpha value is -1.76. The lowest BCUT2D eigenvalue weighted by Crippen LogP contribution is -2.15. The van der Waals surface area contributed by atoms with Crippen molar-refractivity contribution in [2.45, 2.75) is 32.9 Å². The molecule has 0 aliphatic carbocycles. The van der Waals surface area contributed by atoms with Gasteiger partial charge in [0.15, 0.2) is 0 Å². The molecule has 0 amide bonds. The topological polar surface area (TPSA) is 57.9 Å². The third-order valence-corrected chi connectivity index (χ3v) is 1.68. The third-order valence-electron chi connectivity index (χ3n) is 1.68. The molecular formula is C11H15N3O. The predicted octanol–water partition coefficient (Wildman–Crippen LogP) is 2.19. The molecular weight excluding hydrogens is 190 g/mol. The summed E-state index contributed by atoms with van der Waals surface area (Å²) < 4.78 is 5.51. The van der Waals surface area contributed by atoms with E-state index in [-0.39, 0.29) is 12.1 Å². The second kappa shape index (κ2) is 5.20. The number of hydrogen-bond acceptors (Lipinski definition) is 4. The first-order valence-corrected chi connectivity index (χ1v) is 4.91. The maximum Gasteiger partial charge on any atom is 0.237 e. The Kier molecular flexibility index (Phi) is 3.92. The molecule has 15 heavy (non-hydrogen) atoms. The highest BCUT2D eigenvalue weighted by Crippen LogP contribution is 2.22. The number of hydrogen-bond donors (Lipinski definition) is 1. The van der Waals surface area contributed by atoms with Gasteiger partial charge in [0, 0.05) is 6.20 Å². The lowest BCUT2D eigenvalue weighted by Gasteiger charge is -2.14. The van der Waals surface area contributed by atoms with Gasteiger partial charge in [0.05, 0.1) is 17.9 Å². The van der Waals surface area contributed by atoms with Crippen molar-refractivity contribution in [3.63, 3.8) is 0 Å². The van der Waals surface area contributed by atoms with Gasteiger partial charge in [-0.2, -0.15) is 5.26 Å². The van der Waals surface area contributed by atoms with Crippen molar-refractivity contribution in [3.05, 3.63) is 18.3 Å². The van der Waals surface area contributed by atoms with E-state index in [1.807, 2.05) is 19.9 Å². The highest BCUT2D eigenvalue weighted by atomic mass is 16.5. The second-order valence-corrected chi connectivity index (χ2v) is 3.52. The van der Waals surface area contributed by atoms with E-state index in [1.165, 1.54) is 0 Å². The van der Waals surface area contributed by atoms with E-state index < -0.39 is 0 Å². The first-order chi connectivity index (χ1) is 7.13. The number of pyridine rings is 1. The van der Waals surface area contributed by atoms with Crippen molar-refractivity contribution in [1.29, 1.82) is 5.26 Å². The lowest BCUT2D eigenvalue weighted by atomic mass is 10.3. The maximum absolute atomic E-state index is 8.70. The molecule has 4 nitrogen and oxygen atoms in total. The molecule has 1 rings (SSSR count). The standard InChI is InChI=1S/C11H15N3O/c1-8(2)15-11-10(5-4-6-13-11)14-9(3)7-12/h4-6,8-9,14H,1-3H3. The summed E-state index contributed by atoms with van der Waals surface area (Å²) in [7, 11) is 0. The van der Waals surface area contributed by atoms with E-state index in [0.29, 0.717) is 5.88 Å². The van der Waals surface area contributed by atoms with Crippen LogP contribution >= 0.6 is 0 Å². The fraction of sp³-hybridized carbons (Fsp3) is 0.455. The van der Waals surface area contributed by atoms with Crippen LogP contribution in [0.4, 0.5) is 5.69 Å². The van der Waals surface area contributed by atoms with Gasteiger partial charge >= 0.3 is 0 Å². The summed E-state index contributed by atoms with van der Waals surface area (Å²) in [6.07, 6.45) is 1.73. The van der Waals surface area contributed by atoms with Crippen LogP contribution < -0.4 is 10.1 Å². The van der Waals surface area contributed by atoms with Crippen LogP contribution in [0.5, 0.6) is 5.88 Å². The second-order valence-electron chi connectivity index (χ2n) is 3.52. The molecule has 1 heterocycles. The van der Waals surface area contributed by atoms with Crippen LogP contribution in [0.25, 0.3) is 0 Å². The molecule has 1 unspecified atom stereocenters. The Morgan fingerprint density at radius 3 is 2.80 bits per heavy atom. The molecule has 1 atom stereocenters. The summed E-state index contributed by atoms with van der Waals surface area (Å²) >= 11 is 0. The van der Waals surface area contributed by atoms with Crippen molar-refractivity contribution in [2.24, 2.45) is 0 Å². The van der Waals surface area contributed by atoms with E-state index >= 15 is 0 Å². The molecule has 1 aromatic rings. The third kappa shape index (κ3) is 3.47. The van der Waals surface area contributed by atoms with E-state index in [4.69, 9.17) is 10.00 Å². The summed E-state index contributed by atoms with van der Waals surface area (Å²) in [4.78, 5) is 4.11. The normalized spacial score (nSPS) is 11.9. The van der Waals surface area contributed by atoms with E-state index in [9.17, 15) is 0 Å². The Bertz CT molecular complexity index is 357. The van der Waals surface area contributed by atoms with Crippen molar-refractivity contribution in [1.82, 2.24) is 4.98 Å². The van der Waals surface area contributed by atoms with Crippen molar-refractivity contribution in [3.8, 4) is 11.9 Å². The molecule has 0 saturated carbocycles. The Balaban J connectivity index is 2.82. The number of anilines is 1. The van der Waals surface area contributed by atoms with Crippen LogP contribution in [-0.4, -0.2) is 17.1 Å². The van der Waals surface area contributed by atoms with Gasteiger partial charge in [-0.25, -0.2) is 4.98 Å². The van der Waals surface area contributed by atoms with Crippen molar-refractivity contribution >= 4 is 5.69 Å². The number of rotatable bonds is 4. The van der Waals surface area contributed by atoms with Crippen molar-refractivity contribution < 1.29 is 4.74 Å². The van der Waals surface area contributed by atoms with Crippen LogP contribution in [-0.2, 0) is 0 Å². The summed E-state index contributed by atoms with van der Waals surface area (Å²) in [5.74, 6) is 0.537. The van der Waals surface area contributed by atoms with Crippen LogP contribution in [0, 0.1) is 11.3 Å². The number of nitriles is 1. The number of ether oxygens (including phenoxy) is 1. The number of aromatic nitrogens is 1. The average Bonchev–Trinajstić information content (AvgIpc) is 2.20. The molecule has 0 aliphatic heterocycles. The van der Waals surface area contributed by atoms with E-state index in [2.05, 4.69) is 16.4 Å². The van der Waals surface area contributed by atoms with Gasteiger partial charge in [0.1, 0.15) is 6.04 Å². The smallest absolute Gasteiger partial charge is 0.237 e. The molecule has 80 valence electrons. The molecule has 0 aliphatic rings. The minimum absolute atomic E-state index is 0.0674. The summed E-state index contributed by atoms with van der Waals surface area (Å²) in [5.41, 5.74) is 0.750. The maximum atomic E-state index is 8.70. The molecule has 1 N–H and O–H groups in total. The molecule has 0 aromatic carbocycles. The summed E-state index contributed by atoms with van der Waals surface area (Å²) in [6.45, 7) is 5.66. The zero-order valence-electron chi connectivity index (χ0n) is 9.19. The molecule has 0 fully saturated rings. The van der Waals surface area contributed by atoms with Gasteiger partial charge < -0.3 is 10.1 Å². The molecule has 0 bridgehead atoms. The van der Waals surface area contributed by atoms with E-state index in [0.717, 1.165) is 5.69 Å². The van der Waals surface area contributed by atoms with Crippen LogP contribution in [0.1, 0.15) is 20.8 Å². The SMILES string of the molecule is CC(C#N)Nc1cccnc1OC(C)C. The number of nitrogens with one attached hydrogen (secondary N) is 1. The van der Waals surface area contributed by atoms with Gasteiger partial charge in [-0.1, -0.05) is 0 Å². The zero-order valence-corrected chi connectivity index (χ0v) is 9.19. The van der Waals surface area contributed by atoms with Crippen LogP contribution in [0.2, 0.25) is 0 Å². The van der Waals surface area contributed by atoms with Crippen molar-refractivity contribution in [2.75, 3.05) is 5.32 Å². The van der Waals surface area contributed by atoms with Crippen LogP contribution in [0.15, 0.2) is 18.3 Å².